The molecule has 0 spiro atoms. The molecule has 0 aliphatic rings. The van der Waals surface area contributed by atoms with Crippen molar-refractivity contribution in [1.29, 1.82) is 0 Å². The van der Waals surface area contributed by atoms with E-state index >= 15 is 0 Å². The minimum Gasteiger partial charge on any atom is -0.413 e. The van der Waals surface area contributed by atoms with Gasteiger partial charge in [-0.05, 0) is 20.3 Å². The normalized spacial score (nSPS) is 14.3. The van der Waals surface area contributed by atoms with Crippen LogP contribution in [0.3, 0.4) is 0 Å². The summed E-state index contributed by atoms with van der Waals surface area (Å²) in [5.74, 6) is 0. The van der Waals surface area contributed by atoms with Gasteiger partial charge in [-0.2, -0.15) is 0 Å². The lowest BCUT2D eigenvalue weighted by Gasteiger charge is -2.09. The highest BCUT2D eigenvalue weighted by Gasteiger charge is 2.02. The number of nitrogens with two attached hydrogens (primary N) is 1. The predicted octanol–water partition coefficient (Wildman–Crippen LogP) is 0.725. The van der Waals surface area contributed by atoms with Gasteiger partial charge in [0.2, 0.25) is 9.76 Å². The standard InChI is InChI=1S/C6H15NOSi/c1-4-6(7)9-8-5(2)3/h5-6H,4,7H2,1-3H3. The molecule has 0 aromatic heterocycles. The van der Waals surface area contributed by atoms with Gasteiger partial charge in [0.05, 0.1) is 0 Å². The second-order valence-corrected chi connectivity index (χ2v) is 3.51. The van der Waals surface area contributed by atoms with Crippen molar-refractivity contribution in [3.8, 4) is 0 Å². The molecule has 0 bridgehead atoms. The van der Waals surface area contributed by atoms with Crippen molar-refractivity contribution in [1.82, 2.24) is 0 Å². The molecule has 54 valence electrons. The van der Waals surface area contributed by atoms with Gasteiger partial charge < -0.3 is 10.2 Å². The Morgan fingerprint density at radius 2 is 2.11 bits per heavy atom. The molecule has 0 fully saturated rings. The Labute approximate surface area is 59.7 Å². The average Bonchev–Trinajstić information content (AvgIpc) is 1.83. The smallest absolute Gasteiger partial charge is 0.248 e. The van der Waals surface area contributed by atoms with E-state index in [1.54, 1.807) is 0 Å². The maximum absolute atomic E-state index is 5.61. The monoisotopic (exact) mass is 145 g/mol. The summed E-state index contributed by atoms with van der Waals surface area (Å²) in [5, 5.41) is 0. The molecule has 2 radical (unpaired) electrons. The molecular weight excluding hydrogens is 130 g/mol. The molecule has 3 heteroatoms. The van der Waals surface area contributed by atoms with E-state index in [1.807, 2.05) is 13.8 Å². The van der Waals surface area contributed by atoms with Crippen LogP contribution < -0.4 is 5.73 Å². The fourth-order valence-electron chi connectivity index (χ4n) is 0.307. The maximum atomic E-state index is 5.61. The van der Waals surface area contributed by atoms with Crippen LogP contribution in [-0.2, 0) is 4.43 Å². The van der Waals surface area contributed by atoms with E-state index < -0.39 is 0 Å². The minimum absolute atomic E-state index is 0.243. The highest BCUT2D eigenvalue weighted by Crippen LogP contribution is 1.89. The largest absolute Gasteiger partial charge is 0.413 e. The van der Waals surface area contributed by atoms with Crippen molar-refractivity contribution in [3.05, 3.63) is 0 Å². The van der Waals surface area contributed by atoms with Crippen LogP contribution in [0.15, 0.2) is 0 Å². The van der Waals surface area contributed by atoms with Gasteiger partial charge in [0, 0.05) is 11.8 Å². The Morgan fingerprint density at radius 1 is 1.56 bits per heavy atom. The Hall–Kier alpha value is 0.137. The van der Waals surface area contributed by atoms with Gasteiger partial charge in [-0.1, -0.05) is 6.92 Å². The first kappa shape index (κ1) is 9.14. The Kier molecular flexibility index (Phi) is 5.04. The minimum atomic E-state index is 0.243. The number of hydrogen-bond donors (Lipinski definition) is 1. The van der Waals surface area contributed by atoms with Crippen LogP contribution in [0, 0.1) is 0 Å². The fourth-order valence-corrected chi connectivity index (χ4v) is 0.920. The summed E-state index contributed by atoms with van der Waals surface area (Å²) < 4.78 is 5.30. The molecule has 1 atom stereocenters. The molecule has 0 aromatic rings. The summed E-state index contributed by atoms with van der Waals surface area (Å²) in [4.78, 5) is 0. The molecule has 0 saturated carbocycles. The Morgan fingerprint density at radius 3 is 2.44 bits per heavy atom. The summed E-state index contributed by atoms with van der Waals surface area (Å²) in [6, 6.07) is 0. The molecule has 0 aliphatic heterocycles. The Bertz CT molecular complexity index is 68.1. The molecule has 0 saturated heterocycles. The van der Waals surface area contributed by atoms with Crippen molar-refractivity contribution >= 4 is 9.76 Å². The zero-order chi connectivity index (χ0) is 7.28. The lowest BCUT2D eigenvalue weighted by Crippen LogP contribution is -2.30. The molecule has 0 amide bonds. The SMILES string of the molecule is CCC(N)[Si]OC(C)C. The molecule has 0 aliphatic carbocycles. The van der Waals surface area contributed by atoms with Crippen molar-refractivity contribution in [2.75, 3.05) is 0 Å². The zero-order valence-corrected chi connectivity index (χ0v) is 7.35. The fraction of sp³-hybridized carbons (Fsp3) is 1.00. The third-order valence-electron chi connectivity index (χ3n) is 0.895. The third-order valence-corrected chi connectivity index (χ3v) is 2.21. The van der Waals surface area contributed by atoms with Gasteiger partial charge in [-0.25, -0.2) is 0 Å². The van der Waals surface area contributed by atoms with E-state index in [0.29, 0.717) is 15.9 Å². The van der Waals surface area contributed by atoms with E-state index in [2.05, 4.69) is 6.92 Å². The van der Waals surface area contributed by atoms with E-state index in [1.165, 1.54) is 0 Å². The van der Waals surface area contributed by atoms with E-state index in [4.69, 9.17) is 10.2 Å². The van der Waals surface area contributed by atoms with Crippen LogP contribution in [0.5, 0.6) is 0 Å². The van der Waals surface area contributed by atoms with Crippen LogP contribution >= 0.6 is 0 Å². The second-order valence-electron chi connectivity index (χ2n) is 2.30. The van der Waals surface area contributed by atoms with Crippen molar-refractivity contribution in [3.63, 3.8) is 0 Å². The van der Waals surface area contributed by atoms with E-state index in [-0.39, 0.29) is 5.67 Å². The van der Waals surface area contributed by atoms with E-state index in [0.717, 1.165) is 6.42 Å². The number of rotatable bonds is 4. The maximum Gasteiger partial charge on any atom is 0.248 e. The van der Waals surface area contributed by atoms with Crippen molar-refractivity contribution in [2.24, 2.45) is 5.73 Å². The first-order valence-electron chi connectivity index (χ1n) is 3.33. The average molecular weight is 145 g/mol. The molecule has 0 aromatic carbocycles. The van der Waals surface area contributed by atoms with Crippen LogP contribution in [-0.4, -0.2) is 21.5 Å². The first-order chi connectivity index (χ1) is 4.16. The lowest BCUT2D eigenvalue weighted by atomic mass is 10.5. The predicted molar refractivity (Wildman–Crippen MR) is 40.2 cm³/mol. The van der Waals surface area contributed by atoms with Crippen LogP contribution in [0.4, 0.5) is 0 Å². The molecule has 0 heterocycles. The zero-order valence-electron chi connectivity index (χ0n) is 6.35. The number of hydrogen-bond acceptors (Lipinski definition) is 2. The molecular formula is C6H15NOSi. The van der Waals surface area contributed by atoms with Crippen molar-refractivity contribution < 1.29 is 4.43 Å². The van der Waals surface area contributed by atoms with Gasteiger partial charge in [0.1, 0.15) is 0 Å². The Balaban J connectivity index is 3.06. The molecule has 0 rings (SSSR count). The summed E-state index contributed by atoms with van der Waals surface area (Å²) in [6.07, 6.45) is 1.33. The summed E-state index contributed by atoms with van der Waals surface area (Å²) >= 11 is 0. The van der Waals surface area contributed by atoms with Gasteiger partial charge in [0.15, 0.2) is 0 Å². The second kappa shape index (κ2) is 4.96. The lowest BCUT2D eigenvalue weighted by molar-refractivity contribution is 0.250. The third kappa shape index (κ3) is 6.02. The summed E-state index contributed by atoms with van der Waals surface area (Å²) in [6.45, 7) is 6.12. The van der Waals surface area contributed by atoms with Gasteiger partial charge in [-0.3, -0.25) is 0 Å². The molecule has 2 N–H and O–H groups in total. The van der Waals surface area contributed by atoms with Gasteiger partial charge in [0.25, 0.3) is 0 Å². The summed E-state index contributed by atoms with van der Waals surface area (Å²) in [5.41, 5.74) is 5.85. The van der Waals surface area contributed by atoms with Crippen LogP contribution in [0.1, 0.15) is 27.2 Å². The van der Waals surface area contributed by atoms with E-state index in [9.17, 15) is 0 Å². The molecule has 1 unspecified atom stereocenters. The first-order valence-corrected chi connectivity index (χ1v) is 4.32. The highest BCUT2D eigenvalue weighted by atomic mass is 28.2. The van der Waals surface area contributed by atoms with Crippen molar-refractivity contribution in [2.45, 2.75) is 39.0 Å². The molecule has 9 heavy (non-hydrogen) atoms. The van der Waals surface area contributed by atoms with Crippen LogP contribution in [0.2, 0.25) is 0 Å². The topological polar surface area (TPSA) is 35.2 Å². The quantitative estimate of drug-likeness (QED) is 0.592. The van der Waals surface area contributed by atoms with Gasteiger partial charge in [-0.15, -0.1) is 0 Å². The summed E-state index contributed by atoms with van der Waals surface area (Å²) in [7, 11) is 0.464. The van der Waals surface area contributed by atoms with Crippen LogP contribution in [0.25, 0.3) is 0 Å². The highest BCUT2D eigenvalue weighted by molar-refractivity contribution is 6.29. The van der Waals surface area contributed by atoms with Gasteiger partial charge >= 0.3 is 0 Å². The molecule has 2 nitrogen and oxygen atoms in total.